The van der Waals surface area contributed by atoms with Gasteiger partial charge in [-0.3, -0.25) is 4.79 Å². The Hall–Kier alpha value is -3.87. The van der Waals surface area contributed by atoms with E-state index in [1.807, 2.05) is 30.3 Å². The molecule has 3 rings (SSSR count). The minimum absolute atomic E-state index is 0.0782. The van der Waals surface area contributed by atoms with E-state index in [0.717, 1.165) is 17.5 Å². The number of benzene rings is 2. The molecule has 1 aliphatic heterocycles. The van der Waals surface area contributed by atoms with Gasteiger partial charge >= 0.3 is 5.97 Å². The van der Waals surface area contributed by atoms with Crippen molar-refractivity contribution < 1.29 is 24.2 Å². The van der Waals surface area contributed by atoms with E-state index in [1.165, 1.54) is 0 Å². The first kappa shape index (κ1) is 22.8. The summed E-state index contributed by atoms with van der Waals surface area (Å²) in [5.41, 5.74) is 2.70. The summed E-state index contributed by atoms with van der Waals surface area (Å²) in [5, 5.41) is 13.2. The number of rotatable bonds is 9. The van der Waals surface area contributed by atoms with Crippen LogP contribution in [0.2, 0.25) is 0 Å². The normalized spacial score (nSPS) is 14.3. The van der Waals surface area contributed by atoms with Crippen LogP contribution in [0.4, 0.5) is 0 Å². The van der Waals surface area contributed by atoms with E-state index in [-0.39, 0.29) is 36.2 Å². The van der Waals surface area contributed by atoms with Gasteiger partial charge in [-0.25, -0.2) is 9.79 Å². The molecule has 0 aromatic heterocycles. The first-order chi connectivity index (χ1) is 15.5. The van der Waals surface area contributed by atoms with Crippen molar-refractivity contribution in [3.05, 3.63) is 82.8 Å². The standard InChI is InChI=1S/C25H26N2O5/c1-3-31-25(30)23-17(2)27-21(24(23)29)15-19-9-11-20(12-10-19)32-16-22(28)26-14-13-18-7-5-4-6-8-18/h4-12,15,29H,3,13-14,16H2,1-2H3,(H,26,28)/b21-15-. The molecule has 32 heavy (non-hydrogen) atoms. The van der Waals surface area contributed by atoms with E-state index in [9.17, 15) is 14.7 Å². The fraction of sp³-hybridized carbons (Fsp3) is 0.240. The number of carbonyl (C=O) groups is 2. The number of hydrogen-bond donors (Lipinski definition) is 2. The van der Waals surface area contributed by atoms with Crippen LogP contribution < -0.4 is 10.1 Å². The second-order valence-corrected chi connectivity index (χ2v) is 7.11. The molecule has 0 saturated heterocycles. The highest BCUT2D eigenvalue weighted by molar-refractivity contribution is 6.22. The van der Waals surface area contributed by atoms with Crippen molar-refractivity contribution in [1.82, 2.24) is 5.32 Å². The first-order valence-corrected chi connectivity index (χ1v) is 10.4. The second-order valence-electron chi connectivity index (χ2n) is 7.11. The number of ether oxygens (including phenoxy) is 2. The Kier molecular flexibility index (Phi) is 7.80. The molecule has 166 valence electrons. The lowest BCUT2D eigenvalue weighted by Gasteiger charge is -2.08. The number of carbonyl (C=O) groups excluding carboxylic acids is 2. The molecule has 1 amide bonds. The predicted octanol–water partition coefficient (Wildman–Crippen LogP) is 3.61. The Morgan fingerprint density at radius 3 is 2.50 bits per heavy atom. The highest BCUT2D eigenvalue weighted by Crippen LogP contribution is 2.26. The number of aliphatic hydroxyl groups excluding tert-OH is 1. The van der Waals surface area contributed by atoms with Gasteiger partial charge in [0.1, 0.15) is 17.0 Å². The molecular formula is C25H26N2O5. The van der Waals surface area contributed by atoms with Crippen molar-refractivity contribution in [3.8, 4) is 5.75 Å². The number of hydrogen-bond acceptors (Lipinski definition) is 6. The number of aliphatic hydroxyl groups is 1. The SMILES string of the molecule is CCOC(=O)C1=C(O)/C(=C/c2ccc(OCC(=O)NCCc3ccccc3)cc2)N=C1C. The first-order valence-electron chi connectivity index (χ1n) is 10.4. The number of nitrogens with one attached hydrogen (secondary N) is 1. The molecule has 2 N–H and O–H groups in total. The molecule has 0 aliphatic carbocycles. The van der Waals surface area contributed by atoms with Gasteiger partial charge in [0.25, 0.3) is 5.91 Å². The van der Waals surface area contributed by atoms with E-state index in [4.69, 9.17) is 9.47 Å². The molecule has 0 unspecified atom stereocenters. The molecular weight excluding hydrogens is 408 g/mol. The molecule has 7 heteroatoms. The van der Waals surface area contributed by atoms with Crippen LogP contribution in [-0.2, 0) is 20.7 Å². The molecule has 0 radical (unpaired) electrons. The molecule has 0 spiro atoms. The van der Waals surface area contributed by atoms with Gasteiger partial charge in [0, 0.05) is 6.54 Å². The van der Waals surface area contributed by atoms with Gasteiger partial charge in [0.05, 0.1) is 12.3 Å². The highest BCUT2D eigenvalue weighted by Gasteiger charge is 2.27. The van der Waals surface area contributed by atoms with Crippen molar-refractivity contribution in [2.75, 3.05) is 19.8 Å². The van der Waals surface area contributed by atoms with Gasteiger partial charge < -0.3 is 19.9 Å². The third kappa shape index (κ3) is 6.07. The third-order valence-electron chi connectivity index (χ3n) is 4.74. The fourth-order valence-corrected chi connectivity index (χ4v) is 3.15. The van der Waals surface area contributed by atoms with Crippen molar-refractivity contribution in [1.29, 1.82) is 0 Å². The van der Waals surface area contributed by atoms with E-state index in [0.29, 0.717) is 18.0 Å². The zero-order chi connectivity index (χ0) is 22.9. The van der Waals surface area contributed by atoms with Crippen molar-refractivity contribution in [3.63, 3.8) is 0 Å². The summed E-state index contributed by atoms with van der Waals surface area (Å²) in [4.78, 5) is 28.2. The molecule has 2 aromatic rings. The van der Waals surface area contributed by atoms with E-state index < -0.39 is 5.97 Å². The van der Waals surface area contributed by atoms with Crippen LogP contribution in [0.5, 0.6) is 5.75 Å². The summed E-state index contributed by atoms with van der Waals surface area (Å²) < 4.78 is 10.5. The lowest BCUT2D eigenvalue weighted by atomic mass is 10.1. The number of aliphatic imine (C=N–C) groups is 1. The Morgan fingerprint density at radius 2 is 1.81 bits per heavy atom. The van der Waals surface area contributed by atoms with Gasteiger partial charge in [-0.05, 0) is 49.6 Å². The highest BCUT2D eigenvalue weighted by atomic mass is 16.5. The number of esters is 1. The predicted molar refractivity (Wildman–Crippen MR) is 122 cm³/mol. The molecule has 1 aliphatic rings. The Labute approximate surface area is 187 Å². The molecule has 0 saturated carbocycles. The fourth-order valence-electron chi connectivity index (χ4n) is 3.15. The van der Waals surface area contributed by atoms with Crippen LogP contribution in [0.25, 0.3) is 6.08 Å². The largest absolute Gasteiger partial charge is 0.505 e. The summed E-state index contributed by atoms with van der Waals surface area (Å²) in [5.74, 6) is -0.443. The monoisotopic (exact) mass is 434 g/mol. The third-order valence-corrected chi connectivity index (χ3v) is 4.74. The van der Waals surface area contributed by atoms with Gasteiger partial charge in [-0.2, -0.15) is 0 Å². The molecule has 0 atom stereocenters. The topological polar surface area (TPSA) is 97.2 Å². The van der Waals surface area contributed by atoms with Crippen LogP contribution in [0.3, 0.4) is 0 Å². The van der Waals surface area contributed by atoms with E-state index in [2.05, 4.69) is 10.3 Å². The number of nitrogens with zero attached hydrogens (tertiary/aromatic N) is 1. The second kappa shape index (κ2) is 10.9. The van der Waals surface area contributed by atoms with Gasteiger partial charge in [0.2, 0.25) is 0 Å². The average Bonchev–Trinajstić information content (AvgIpc) is 3.07. The molecule has 0 bridgehead atoms. The summed E-state index contributed by atoms with van der Waals surface area (Å²) in [7, 11) is 0. The van der Waals surface area contributed by atoms with Gasteiger partial charge in [-0.1, -0.05) is 42.5 Å². The Bertz CT molecular complexity index is 1050. The smallest absolute Gasteiger partial charge is 0.343 e. The zero-order valence-corrected chi connectivity index (χ0v) is 18.1. The van der Waals surface area contributed by atoms with Crippen LogP contribution in [0.15, 0.2) is 76.6 Å². The number of amides is 1. The van der Waals surface area contributed by atoms with Crippen LogP contribution in [-0.4, -0.2) is 42.5 Å². The van der Waals surface area contributed by atoms with Crippen molar-refractivity contribution >= 4 is 23.7 Å². The minimum Gasteiger partial charge on any atom is -0.505 e. The lowest BCUT2D eigenvalue weighted by Crippen LogP contribution is -2.30. The Balaban J connectivity index is 1.52. The van der Waals surface area contributed by atoms with Crippen LogP contribution in [0, 0.1) is 0 Å². The van der Waals surface area contributed by atoms with Crippen LogP contribution >= 0.6 is 0 Å². The van der Waals surface area contributed by atoms with Crippen molar-refractivity contribution in [2.45, 2.75) is 20.3 Å². The maximum absolute atomic E-state index is 12.0. The van der Waals surface area contributed by atoms with Crippen molar-refractivity contribution in [2.24, 2.45) is 4.99 Å². The summed E-state index contributed by atoms with van der Waals surface area (Å²) in [6, 6.07) is 16.9. The summed E-state index contributed by atoms with van der Waals surface area (Å²) >= 11 is 0. The zero-order valence-electron chi connectivity index (χ0n) is 18.1. The maximum Gasteiger partial charge on any atom is 0.343 e. The van der Waals surface area contributed by atoms with E-state index in [1.54, 1.807) is 44.2 Å². The Morgan fingerprint density at radius 1 is 1.09 bits per heavy atom. The summed E-state index contributed by atoms with van der Waals surface area (Å²) in [6.07, 6.45) is 2.42. The van der Waals surface area contributed by atoms with E-state index >= 15 is 0 Å². The quantitative estimate of drug-likeness (QED) is 0.588. The van der Waals surface area contributed by atoms with Gasteiger partial charge in [-0.15, -0.1) is 0 Å². The molecule has 1 heterocycles. The van der Waals surface area contributed by atoms with Gasteiger partial charge in [0.15, 0.2) is 12.4 Å². The lowest BCUT2D eigenvalue weighted by molar-refractivity contribution is -0.138. The molecule has 0 fully saturated rings. The molecule has 2 aromatic carbocycles. The maximum atomic E-state index is 12.0. The minimum atomic E-state index is -0.597. The molecule has 7 nitrogen and oxygen atoms in total. The average molecular weight is 434 g/mol. The van der Waals surface area contributed by atoms with Crippen LogP contribution in [0.1, 0.15) is 25.0 Å². The summed E-state index contributed by atoms with van der Waals surface area (Å²) in [6.45, 7) is 4.03.